The van der Waals surface area contributed by atoms with Gasteiger partial charge in [-0.3, -0.25) is 4.68 Å². The van der Waals surface area contributed by atoms with Gasteiger partial charge in [0.25, 0.3) is 0 Å². The van der Waals surface area contributed by atoms with E-state index in [2.05, 4.69) is 32.9 Å². The Kier molecular flexibility index (Phi) is 3.20. The third-order valence-electron chi connectivity index (χ3n) is 3.07. The maximum absolute atomic E-state index is 5.54. The Morgan fingerprint density at radius 1 is 1.42 bits per heavy atom. The van der Waals surface area contributed by atoms with Crippen LogP contribution in [0.3, 0.4) is 0 Å². The Bertz CT molecular complexity index is 556. The van der Waals surface area contributed by atoms with Crippen molar-refractivity contribution in [2.45, 2.75) is 38.8 Å². The smallest absolute Gasteiger partial charge is 0.320 e. The predicted molar refractivity (Wildman–Crippen MR) is 70.0 cm³/mol. The second-order valence-electron chi connectivity index (χ2n) is 4.80. The lowest BCUT2D eigenvalue weighted by Gasteiger charge is -1.99. The molecule has 2 N–H and O–H groups in total. The molecule has 0 aromatic carbocycles. The van der Waals surface area contributed by atoms with Gasteiger partial charge in [0.2, 0.25) is 5.89 Å². The molecule has 1 fully saturated rings. The summed E-state index contributed by atoms with van der Waals surface area (Å²) in [6.45, 7) is 2.69. The molecule has 0 aliphatic heterocycles. The Morgan fingerprint density at radius 2 is 2.26 bits per heavy atom. The number of aryl methyl sites for hydroxylation is 2. The van der Waals surface area contributed by atoms with E-state index < -0.39 is 0 Å². The van der Waals surface area contributed by atoms with Gasteiger partial charge in [0.15, 0.2) is 0 Å². The summed E-state index contributed by atoms with van der Waals surface area (Å²) in [6.07, 6.45) is 5.25. The fourth-order valence-electron chi connectivity index (χ4n) is 1.91. The maximum Gasteiger partial charge on any atom is 0.320 e. The van der Waals surface area contributed by atoms with Crippen LogP contribution in [-0.4, -0.2) is 26.0 Å². The Morgan fingerprint density at radius 3 is 3.00 bits per heavy atom. The van der Waals surface area contributed by atoms with Crippen LogP contribution >= 0.6 is 0 Å². The van der Waals surface area contributed by atoms with Gasteiger partial charge >= 0.3 is 6.01 Å². The molecule has 0 amide bonds. The van der Waals surface area contributed by atoms with Gasteiger partial charge < -0.3 is 15.1 Å². The molecule has 0 saturated heterocycles. The van der Waals surface area contributed by atoms with Crippen LogP contribution in [0.1, 0.15) is 31.4 Å². The second kappa shape index (κ2) is 5.00. The molecule has 3 rings (SSSR count). The van der Waals surface area contributed by atoms with Crippen molar-refractivity contribution < 1.29 is 4.42 Å². The summed E-state index contributed by atoms with van der Waals surface area (Å²) in [6, 6.07) is 1.05. The van der Waals surface area contributed by atoms with E-state index in [1.165, 1.54) is 12.8 Å². The lowest BCUT2D eigenvalue weighted by Crippen LogP contribution is -2.15. The maximum atomic E-state index is 5.54. The number of nitrogens with zero attached hydrogens (tertiary/aromatic N) is 4. The molecular formula is C12H18N6O. The molecule has 7 heteroatoms. The molecule has 102 valence electrons. The van der Waals surface area contributed by atoms with E-state index in [0.29, 0.717) is 24.5 Å². The van der Waals surface area contributed by atoms with Gasteiger partial charge in [-0.25, -0.2) is 0 Å². The highest BCUT2D eigenvalue weighted by Gasteiger charge is 2.21. The summed E-state index contributed by atoms with van der Waals surface area (Å²) in [4.78, 5) is 0. The molecule has 1 aliphatic carbocycles. The van der Waals surface area contributed by atoms with Crippen LogP contribution in [0.25, 0.3) is 0 Å². The van der Waals surface area contributed by atoms with Gasteiger partial charge in [-0.2, -0.15) is 5.10 Å². The standard InChI is InChI=1S/C12H18N6O/c1-3-9-10(7-18(2)17-9)14-12-16-15-11(19-12)6-13-8-4-5-8/h7-8,13H,3-6H2,1-2H3,(H,14,16). The lowest BCUT2D eigenvalue weighted by atomic mass is 10.3. The molecule has 1 saturated carbocycles. The van der Waals surface area contributed by atoms with Crippen LogP contribution < -0.4 is 10.6 Å². The molecule has 7 nitrogen and oxygen atoms in total. The number of anilines is 2. The van der Waals surface area contributed by atoms with Gasteiger partial charge in [0.05, 0.1) is 17.9 Å². The van der Waals surface area contributed by atoms with Crippen molar-refractivity contribution in [1.29, 1.82) is 0 Å². The number of aromatic nitrogens is 4. The van der Waals surface area contributed by atoms with Crippen LogP contribution in [0, 0.1) is 0 Å². The highest BCUT2D eigenvalue weighted by molar-refractivity contribution is 5.54. The predicted octanol–water partition coefficient (Wildman–Crippen LogP) is 1.36. The average Bonchev–Trinajstić information content (AvgIpc) is 3.02. The first kappa shape index (κ1) is 12.2. The third-order valence-corrected chi connectivity index (χ3v) is 3.07. The zero-order chi connectivity index (χ0) is 13.2. The molecule has 0 bridgehead atoms. The average molecular weight is 262 g/mol. The number of hydrogen-bond donors (Lipinski definition) is 2. The molecule has 0 spiro atoms. The van der Waals surface area contributed by atoms with Crippen LogP contribution in [0.4, 0.5) is 11.7 Å². The molecule has 0 atom stereocenters. The van der Waals surface area contributed by atoms with Crippen molar-refractivity contribution in [3.05, 3.63) is 17.8 Å². The first-order valence-electron chi connectivity index (χ1n) is 6.60. The van der Waals surface area contributed by atoms with E-state index in [9.17, 15) is 0 Å². The summed E-state index contributed by atoms with van der Waals surface area (Å²) < 4.78 is 7.31. The molecule has 2 aromatic rings. The topological polar surface area (TPSA) is 80.8 Å². The van der Waals surface area contributed by atoms with Gasteiger partial charge in [-0.1, -0.05) is 12.0 Å². The summed E-state index contributed by atoms with van der Waals surface area (Å²) in [7, 11) is 1.89. The minimum absolute atomic E-state index is 0.412. The first-order chi connectivity index (χ1) is 9.24. The molecule has 1 aliphatic rings. The fourth-order valence-corrected chi connectivity index (χ4v) is 1.91. The Balaban J connectivity index is 1.64. The van der Waals surface area contributed by atoms with E-state index in [0.717, 1.165) is 17.8 Å². The van der Waals surface area contributed by atoms with Crippen LogP contribution in [0.2, 0.25) is 0 Å². The number of nitrogens with one attached hydrogen (secondary N) is 2. The monoisotopic (exact) mass is 262 g/mol. The van der Waals surface area contributed by atoms with Crippen molar-refractivity contribution in [3.8, 4) is 0 Å². The van der Waals surface area contributed by atoms with Crippen molar-refractivity contribution in [1.82, 2.24) is 25.3 Å². The van der Waals surface area contributed by atoms with Crippen molar-refractivity contribution in [2.75, 3.05) is 5.32 Å². The molecule has 19 heavy (non-hydrogen) atoms. The highest BCUT2D eigenvalue weighted by Crippen LogP contribution is 2.21. The summed E-state index contributed by atoms with van der Waals surface area (Å²) in [5.41, 5.74) is 1.90. The summed E-state index contributed by atoms with van der Waals surface area (Å²) in [5, 5.41) is 18.8. The third kappa shape index (κ3) is 2.93. The normalized spacial score (nSPS) is 14.8. The zero-order valence-electron chi connectivity index (χ0n) is 11.2. The Labute approximate surface area is 111 Å². The quantitative estimate of drug-likeness (QED) is 0.818. The summed E-state index contributed by atoms with van der Waals surface area (Å²) >= 11 is 0. The molecule has 2 aromatic heterocycles. The molecule has 2 heterocycles. The van der Waals surface area contributed by atoms with Crippen molar-refractivity contribution >= 4 is 11.7 Å². The number of hydrogen-bond acceptors (Lipinski definition) is 6. The molecule has 0 radical (unpaired) electrons. The van der Waals surface area contributed by atoms with Crippen molar-refractivity contribution in [3.63, 3.8) is 0 Å². The Hall–Kier alpha value is -1.89. The molecule has 0 unspecified atom stereocenters. The minimum Gasteiger partial charge on any atom is -0.406 e. The van der Waals surface area contributed by atoms with E-state index >= 15 is 0 Å². The van der Waals surface area contributed by atoms with Gasteiger partial charge in [-0.15, -0.1) is 5.10 Å². The minimum atomic E-state index is 0.412. The zero-order valence-corrected chi connectivity index (χ0v) is 11.2. The largest absolute Gasteiger partial charge is 0.406 e. The van der Waals surface area contributed by atoms with E-state index in [-0.39, 0.29) is 0 Å². The lowest BCUT2D eigenvalue weighted by molar-refractivity contribution is 0.478. The molecular weight excluding hydrogens is 244 g/mol. The first-order valence-corrected chi connectivity index (χ1v) is 6.60. The fraction of sp³-hybridized carbons (Fsp3) is 0.583. The van der Waals surface area contributed by atoms with Gasteiger partial charge in [0.1, 0.15) is 0 Å². The second-order valence-corrected chi connectivity index (χ2v) is 4.80. The van der Waals surface area contributed by atoms with Gasteiger partial charge in [0, 0.05) is 19.3 Å². The van der Waals surface area contributed by atoms with E-state index in [4.69, 9.17) is 4.42 Å². The van der Waals surface area contributed by atoms with Crippen LogP contribution in [0.5, 0.6) is 0 Å². The highest BCUT2D eigenvalue weighted by atomic mass is 16.4. The van der Waals surface area contributed by atoms with Gasteiger partial charge in [-0.05, 0) is 19.3 Å². The summed E-state index contributed by atoms with van der Waals surface area (Å²) in [5.74, 6) is 0.608. The number of rotatable bonds is 6. The van der Waals surface area contributed by atoms with Crippen molar-refractivity contribution in [2.24, 2.45) is 7.05 Å². The van der Waals surface area contributed by atoms with E-state index in [1.807, 2.05) is 13.2 Å². The van der Waals surface area contributed by atoms with Crippen LogP contribution in [0.15, 0.2) is 10.6 Å². The SMILES string of the molecule is CCc1nn(C)cc1Nc1nnc(CNC2CC2)o1. The van der Waals surface area contributed by atoms with E-state index in [1.54, 1.807) is 4.68 Å². The van der Waals surface area contributed by atoms with Crippen LogP contribution in [-0.2, 0) is 20.0 Å².